The number of ether oxygens (including phenoxy) is 2. The number of halogens is 2. The molecular weight excluding hydrogens is 823 g/mol. The van der Waals surface area contributed by atoms with Gasteiger partial charge in [-0.25, -0.2) is 0 Å². The first-order chi connectivity index (χ1) is 24.0. The van der Waals surface area contributed by atoms with Gasteiger partial charge in [-0.15, -0.1) is 0 Å². The third-order valence-electron chi connectivity index (χ3n) is 11.3. The second-order valence-corrected chi connectivity index (χ2v) is 21.2. The van der Waals surface area contributed by atoms with Gasteiger partial charge in [-0.1, -0.05) is 89.7 Å². The molecule has 1 fully saturated rings. The van der Waals surface area contributed by atoms with Gasteiger partial charge in [-0.2, -0.15) is 0 Å². The zero-order valence-electron chi connectivity index (χ0n) is 28.7. The highest BCUT2D eigenvalue weighted by molar-refractivity contribution is 14.1. The van der Waals surface area contributed by atoms with Crippen LogP contribution in [0.5, 0.6) is 5.75 Å². The Balaban J connectivity index is 1.30. The Morgan fingerprint density at radius 2 is 1.74 bits per heavy atom. The van der Waals surface area contributed by atoms with Crippen LogP contribution < -0.4 is 14.8 Å². The maximum Gasteiger partial charge on any atom is 0.264 e. The summed E-state index contributed by atoms with van der Waals surface area (Å²) in [5, 5.41) is 11.6. The predicted molar refractivity (Wildman–Crippen MR) is 210 cm³/mol. The first-order valence-corrected chi connectivity index (χ1v) is 22.1. The van der Waals surface area contributed by atoms with Gasteiger partial charge in [0.2, 0.25) is 5.91 Å². The van der Waals surface area contributed by atoms with E-state index < -0.39 is 19.8 Å². The molecule has 4 aromatic carbocycles. The summed E-state index contributed by atoms with van der Waals surface area (Å²) in [6, 6.07) is 30.3. The lowest BCUT2D eigenvalue weighted by Gasteiger charge is -2.39. The summed E-state index contributed by atoms with van der Waals surface area (Å²) in [6.07, 6.45) is 0.204. The number of amides is 2. The van der Waals surface area contributed by atoms with E-state index in [1.54, 1.807) is 7.11 Å². The van der Waals surface area contributed by atoms with Gasteiger partial charge in [0, 0.05) is 26.1 Å². The molecule has 3 heterocycles. The van der Waals surface area contributed by atoms with Crippen LogP contribution in [0.3, 0.4) is 0 Å². The van der Waals surface area contributed by atoms with Gasteiger partial charge in [-0.3, -0.25) is 9.59 Å². The summed E-state index contributed by atoms with van der Waals surface area (Å²) in [6.45, 7) is 7.55. The molecule has 1 spiro atoms. The van der Waals surface area contributed by atoms with Crippen LogP contribution >= 0.6 is 38.5 Å². The lowest BCUT2D eigenvalue weighted by Crippen LogP contribution is -2.52. The smallest absolute Gasteiger partial charge is 0.264 e. The first kappa shape index (κ1) is 35.4. The maximum atomic E-state index is 15.1. The molecule has 0 radical (unpaired) electrons. The number of anilines is 1. The first-order valence-electron chi connectivity index (χ1n) is 17.1. The molecule has 0 saturated carbocycles. The Bertz CT molecular complexity index is 1920. The van der Waals surface area contributed by atoms with E-state index in [2.05, 4.69) is 107 Å². The highest BCUT2D eigenvalue weighted by Gasteiger charge is 2.66. The molecule has 7 nitrogen and oxygen atoms in total. The molecule has 5 atom stereocenters. The number of carbonyl (C=O) groups excluding carboxylic acids is 2. The van der Waals surface area contributed by atoms with E-state index in [9.17, 15) is 9.90 Å². The quantitative estimate of drug-likeness (QED) is 0.150. The highest BCUT2D eigenvalue weighted by Crippen LogP contribution is 2.60. The van der Waals surface area contributed by atoms with Crippen molar-refractivity contribution >= 4 is 69.3 Å². The van der Waals surface area contributed by atoms with Crippen molar-refractivity contribution < 1.29 is 24.2 Å². The van der Waals surface area contributed by atoms with Crippen molar-refractivity contribution in [1.82, 2.24) is 4.90 Å². The van der Waals surface area contributed by atoms with Crippen LogP contribution in [0, 0.1) is 9.49 Å². The summed E-state index contributed by atoms with van der Waals surface area (Å²) in [5.41, 5.74) is 3.63. The van der Waals surface area contributed by atoms with Crippen molar-refractivity contribution in [2.75, 3.05) is 18.6 Å². The van der Waals surface area contributed by atoms with Crippen LogP contribution in [0.4, 0.5) is 5.69 Å². The van der Waals surface area contributed by atoms with E-state index in [-0.39, 0.29) is 42.3 Å². The average molecular weight is 866 g/mol. The van der Waals surface area contributed by atoms with Crippen molar-refractivity contribution in [2.24, 2.45) is 5.92 Å². The van der Waals surface area contributed by atoms with Crippen LogP contribution in [0.15, 0.2) is 95.5 Å². The fourth-order valence-electron chi connectivity index (χ4n) is 8.75. The van der Waals surface area contributed by atoms with E-state index in [1.807, 2.05) is 52.3 Å². The summed E-state index contributed by atoms with van der Waals surface area (Å²) in [7, 11) is -0.787. The molecule has 10 heteroatoms. The second kappa shape index (κ2) is 13.8. The molecule has 260 valence electrons. The Labute approximate surface area is 317 Å². The predicted octanol–water partition coefficient (Wildman–Crippen LogP) is 7.16. The van der Waals surface area contributed by atoms with Crippen LogP contribution in [0.1, 0.15) is 35.6 Å². The average Bonchev–Trinajstić information content (AvgIpc) is 3.54. The molecule has 3 aliphatic heterocycles. The van der Waals surface area contributed by atoms with Crippen LogP contribution in [0.25, 0.3) is 0 Å². The molecule has 1 N–H and O–H groups in total. The third kappa shape index (κ3) is 6.04. The summed E-state index contributed by atoms with van der Waals surface area (Å²) < 4.78 is 14.7. The van der Waals surface area contributed by atoms with E-state index in [4.69, 9.17) is 9.47 Å². The van der Waals surface area contributed by atoms with Gasteiger partial charge in [-0.05, 0) is 93.7 Å². The molecule has 50 heavy (non-hydrogen) atoms. The Kier molecular flexibility index (Phi) is 9.79. The highest BCUT2D eigenvalue weighted by atomic mass is 127. The summed E-state index contributed by atoms with van der Waals surface area (Å²) in [4.78, 5) is 33.3. The molecule has 0 aliphatic carbocycles. The number of rotatable bonds is 8. The molecular formula is C40H42BrIN2O5Si. The Hall–Kier alpha value is -3.03. The van der Waals surface area contributed by atoms with Crippen LogP contribution in [-0.4, -0.2) is 55.8 Å². The van der Waals surface area contributed by atoms with Crippen molar-refractivity contribution in [2.45, 2.75) is 69.2 Å². The normalized spacial score (nSPS) is 24.4. The Morgan fingerprint density at radius 1 is 1.04 bits per heavy atom. The minimum atomic E-state index is -2.45. The van der Waals surface area contributed by atoms with Crippen LogP contribution in [0.2, 0.25) is 18.6 Å². The van der Waals surface area contributed by atoms with Gasteiger partial charge < -0.3 is 24.4 Å². The molecule has 0 aromatic heterocycles. The molecule has 7 rings (SSSR count). The molecule has 2 amide bonds. The minimum absolute atomic E-state index is 0.0620. The van der Waals surface area contributed by atoms with Crippen molar-refractivity contribution in [3.8, 4) is 5.75 Å². The molecule has 4 aromatic rings. The van der Waals surface area contributed by atoms with Gasteiger partial charge >= 0.3 is 0 Å². The van der Waals surface area contributed by atoms with E-state index in [0.717, 1.165) is 41.7 Å². The number of fused-ring (bicyclic) bond motifs is 3. The lowest BCUT2D eigenvalue weighted by molar-refractivity contribution is -0.151. The second-order valence-electron chi connectivity index (χ2n) is 14.4. The van der Waals surface area contributed by atoms with E-state index in [1.165, 1.54) is 5.19 Å². The fourth-order valence-corrected chi connectivity index (χ4v) is 13.5. The van der Waals surface area contributed by atoms with Crippen molar-refractivity contribution in [1.29, 1.82) is 0 Å². The van der Waals surface area contributed by atoms with Crippen molar-refractivity contribution in [3.05, 3.63) is 121 Å². The number of aliphatic hydroxyl groups excluding tert-OH is 1. The van der Waals surface area contributed by atoms with Gasteiger partial charge in [0.1, 0.15) is 5.75 Å². The SMILES string of the molecule is COc1ccc([Si](C)(C)[C@H]2[C@H](CC(=O)N3Cc4ccccc4C[C@H]3CO)O[C@@]3(C(=O)N(Cc4ccc(I)cc4)c4ccc(Br)cc43)[C@@H]2C)cc1. The summed E-state index contributed by atoms with van der Waals surface area (Å²) in [5.74, 6) is 0.403. The number of benzene rings is 4. The van der Waals surface area contributed by atoms with Gasteiger partial charge in [0.25, 0.3) is 5.91 Å². The number of carbonyl (C=O) groups is 2. The number of hydrogen-bond acceptors (Lipinski definition) is 5. The van der Waals surface area contributed by atoms with Gasteiger partial charge in [0.05, 0.1) is 52.6 Å². The number of hydrogen-bond donors (Lipinski definition) is 1. The monoisotopic (exact) mass is 864 g/mol. The molecule has 1 saturated heterocycles. The van der Waals surface area contributed by atoms with Crippen molar-refractivity contribution in [3.63, 3.8) is 0 Å². The topological polar surface area (TPSA) is 79.3 Å². The zero-order valence-corrected chi connectivity index (χ0v) is 33.5. The fraction of sp³-hybridized carbons (Fsp3) is 0.350. The zero-order chi connectivity index (χ0) is 35.4. The maximum absolute atomic E-state index is 15.1. The van der Waals surface area contributed by atoms with Crippen LogP contribution in [-0.2, 0) is 39.4 Å². The summed E-state index contributed by atoms with van der Waals surface area (Å²) >= 11 is 5.99. The standard InChI is InChI=1S/C40H42BrIN2O5Si/c1-25-38(50(3,4)33-16-14-32(48-2)15-17-33)36(21-37(46)43-23-28-8-6-5-7-27(28)19-31(43)24-45)49-40(25)34-20-29(41)11-18-35(34)44(39(40)47)22-26-9-12-30(42)13-10-26/h5-18,20,25,31,36,38,45H,19,21-24H2,1-4H3/t25-,31+,36+,38-,40+/m1/s1. The number of methoxy groups -OCH3 is 1. The lowest BCUT2D eigenvalue weighted by atomic mass is 9.82. The third-order valence-corrected chi connectivity index (χ3v) is 16.9. The number of aliphatic hydroxyl groups is 1. The largest absolute Gasteiger partial charge is 0.497 e. The van der Waals surface area contributed by atoms with Gasteiger partial charge in [0.15, 0.2) is 5.60 Å². The van der Waals surface area contributed by atoms with E-state index >= 15 is 4.79 Å². The Morgan fingerprint density at radius 3 is 2.42 bits per heavy atom. The van der Waals surface area contributed by atoms with E-state index in [0.29, 0.717) is 19.5 Å². The number of nitrogens with zero attached hydrogens (tertiary/aromatic N) is 2. The minimum Gasteiger partial charge on any atom is -0.497 e. The molecule has 3 aliphatic rings. The molecule has 0 unspecified atom stereocenters. The molecule has 0 bridgehead atoms.